The van der Waals surface area contributed by atoms with Crippen molar-refractivity contribution in [1.29, 1.82) is 0 Å². The van der Waals surface area contributed by atoms with Gasteiger partial charge in [-0.3, -0.25) is 9.00 Å². The van der Waals surface area contributed by atoms with E-state index in [0.717, 1.165) is 0 Å². The number of halogens is 2. The molecule has 2 atom stereocenters. The minimum Gasteiger partial charge on any atom is -0.457 e. The first-order chi connectivity index (χ1) is 15.0. The molecule has 7 nitrogen and oxygen atoms in total. The van der Waals surface area contributed by atoms with Crippen LogP contribution < -0.4 is 15.6 Å². The molecule has 1 fully saturated rings. The summed E-state index contributed by atoms with van der Waals surface area (Å²) in [6, 6.07) is 12.3. The zero-order chi connectivity index (χ0) is 21.8. The predicted molar refractivity (Wildman–Crippen MR) is 117 cm³/mol. The van der Waals surface area contributed by atoms with Gasteiger partial charge in [0, 0.05) is 23.1 Å². The number of ether oxygens (including phenoxy) is 2. The molecular weight excluding hydrogens is 445 g/mol. The van der Waals surface area contributed by atoms with Gasteiger partial charge in [-0.05, 0) is 48.5 Å². The Balaban J connectivity index is 1.46. The third kappa shape index (κ3) is 5.12. The van der Waals surface area contributed by atoms with Crippen LogP contribution in [0.2, 0.25) is 5.02 Å². The summed E-state index contributed by atoms with van der Waals surface area (Å²) >= 11 is 6.26. The lowest BCUT2D eigenvalue weighted by Crippen LogP contribution is -2.37. The van der Waals surface area contributed by atoms with Crippen LogP contribution in [0, 0.1) is 5.82 Å². The molecule has 2 heterocycles. The smallest absolute Gasteiger partial charge is 0.292 e. The van der Waals surface area contributed by atoms with E-state index in [2.05, 4.69) is 10.4 Å². The van der Waals surface area contributed by atoms with E-state index in [-0.39, 0.29) is 16.1 Å². The standard InChI is InChI=1S/C21H19ClFN3O4S/c22-20-19(24-11-18-13-29-9-10-31(18)28)12-25-26(21(20)27)15-3-7-17(8-4-15)30-16-5-1-14(23)2-6-16/h1-8,12,18,24H,9-11,13H2/t18?,31-/m0/s1. The van der Waals surface area contributed by atoms with Crippen LogP contribution >= 0.6 is 11.6 Å². The van der Waals surface area contributed by atoms with E-state index < -0.39 is 16.4 Å². The fourth-order valence-corrected chi connectivity index (χ4v) is 4.34. The molecule has 31 heavy (non-hydrogen) atoms. The average molecular weight is 464 g/mol. The lowest BCUT2D eigenvalue weighted by atomic mass is 10.3. The van der Waals surface area contributed by atoms with Gasteiger partial charge in [-0.1, -0.05) is 11.6 Å². The van der Waals surface area contributed by atoms with Gasteiger partial charge in [0.1, 0.15) is 22.3 Å². The second-order valence-corrected chi connectivity index (χ2v) is 9.02. The summed E-state index contributed by atoms with van der Waals surface area (Å²) in [6.07, 6.45) is 1.46. The fraction of sp³-hybridized carbons (Fsp3) is 0.238. The minimum atomic E-state index is -0.981. The highest BCUT2D eigenvalue weighted by Crippen LogP contribution is 2.23. The molecule has 1 aliphatic rings. The van der Waals surface area contributed by atoms with Gasteiger partial charge in [0.15, 0.2) is 0 Å². The maximum atomic E-state index is 13.0. The predicted octanol–water partition coefficient (Wildman–Crippen LogP) is 3.38. The summed E-state index contributed by atoms with van der Waals surface area (Å²) in [5.41, 5.74) is 0.397. The van der Waals surface area contributed by atoms with Gasteiger partial charge in [0.25, 0.3) is 5.56 Å². The third-order valence-corrected chi connectivity index (χ3v) is 6.65. The molecule has 2 aromatic carbocycles. The van der Waals surface area contributed by atoms with Crippen molar-refractivity contribution in [1.82, 2.24) is 9.78 Å². The van der Waals surface area contributed by atoms with Crippen LogP contribution in [0.1, 0.15) is 0 Å². The first kappa shape index (κ1) is 21.5. The van der Waals surface area contributed by atoms with E-state index in [1.807, 2.05) is 0 Å². The number of anilines is 1. The minimum absolute atomic E-state index is 0.0100. The first-order valence-corrected chi connectivity index (χ1v) is 11.3. The zero-order valence-corrected chi connectivity index (χ0v) is 17.9. The number of benzene rings is 2. The summed E-state index contributed by atoms with van der Waals surface area (Å²) < 4.78 is 37.2. The summed E-state index contributed by atoms with van der Waals surface area (Å²) in [7, 11) is -0.981. The average Bonchev–Trinajstić information content (AvgIpc) is 2.78. The molecule has 0 amide bonds. The second-order valence-electron chi connectivity index (χ2n) is 6.80. The van der Waals surface area contributed by atoms with Crippen molar-refractivity contribution in [2.45, 2.75) is 5.25 Å². The molecule has 0 spiro atoms. The Bertz CT molecular complexity index is 1140. The maximum absolute atomic E-state index is 13.0. The van der Waals surface area contributed by atoms with Gasteiger partial charge in [-0.2, -0.15) is 9.78 Å². The van der Waals surface area contributed by atoms with E-state index in [0.29, 0.717) is 48.4 Å². The Morgan fingerprint density at radius 1 is 1.19 bits per heavy atom. The first-order valence-electron chi connectivity index (χ1n) is 9.52. The van der Waals surface area contributed by atoms with Crippen LogP contribution in [0.3, 0.4) is 0 Å². The van der Waals surface area contributed by atoms with Gasteiger partial charge in [-0.15, -0.1) is 0 Å². The summed E-state index contributed by atoms with van der Waals surface area (Å²) in [6.45, 7) is 1.26. The zero-order valence-electron chi connectivity index (χ0n) is 16.3. The van der Waals surface area contributed by atoms with Gasteiger partial charge >= 0.3 is 0 Å². The Morgan fingerprint density at radius 3 is 2.55 bits per heavy atom. The Morgan fingerprint density at radius 2 is 1.87 bits per heavy atom. The molecule has 0 aliphatic carbocycles. The van der Waals surface area contributed by atoms with E-state index in [9.17, 15) is 13.4 Å². The van der Waals surface area contributed by atoms with Crippen molar-refractivity contribution in [2.24, 2.45) is 0 Å². The summed E-state index contributed by atoms with van der Waals surface area (Å²) in [5.74, 6) is 1.17. The number of hydrogen-bond acceptors (Lipinski definition) is 6. The van der Waals surface area contributed by atoms with E-state index in [1.54, 1.807) is 24.3 Å². The number of hydrogen-bond donors (Lipinski definition) is 1. The maximum Gasteiger partial charge on any atom is 0.292 e. The number of nitrogens with zero attached hydrogens (tertiary/aromatic N) is 2. The van der Waals surface area contributed by atoms with E-state index in [1.165, 1.54) is 35.1 Å². The molecule has 4 rings (SSSR count). The topological polar surface area (TPSA) is 82.5 Å². The Kier molecular flexibility index (Phi) is 6.64. The van der Waals surface area contributed by atoms with Crippen LogP contribution in [-0.2, 0) is 15.5 Å². The van der Waals surface area contributed by atoms with Gasteiger partial charge in [0.05, 0.1) is 36.0 Å². The fourth-order valence-electron chi connectivity index (χ4n) is 3.01. The molecule has 1 aliphatic heterocycles. The molecule has 0 radical (unpaired) electrons. The molecule has 3 aromatic rings. The number of rotatable bonds is 6. The summed E-state index contributed by atoms with van der Waals surface area (Å²) in [5, 5.41) is 7.05. The van der Waals surface area contributed by atoms with Crippen molar-refractivity contribution >= 4 is 28.1 Å². The Hall–Kier alpha value is -2.75. The summed E-state index contributed by atoms with van der Waals surface area (Å²) in [4.78, 5) is 12.7. The van der Waals surface area contributed by atoms with E-state index >= 15 is 0 Å². The van der Waals surface area contributed by atoms with Gasteiger partial charge in [0.2, 0.25) is 0 Å². The van der Waals surface area contributed by atoms with Crippen molar-refractivity contribution in [3.63, 3.8) is 0 Å². The molecule has 10 heteroatoms. The largest absolute Gasteiger partial charge is 0.457 e. The Labute approximate surface area is 185 Å². The van der Waals surface area contributed by atoms with Crippen LogP contribution in [0.25, 0.3) is 5.69 Å². The molecular formula is C21H19ClFN3O4S. The quantitative estimate of drug-likeness (QED) is 0.603. The highest BCUT2D eigenvalue weighted by molar-refractivity contribution is 7.85. The monoisotopic (exact) mass is 463 g/mol. The molecule has 1 unspecified atom stereocenters. The lowest BCUT2D eigenvalue weighted by molar-refractivity contribution is 0.142. The van der Waals surface area contributed by atoms with Crippen LogP contribution in [0.4, 0.5) is 10.1 Å². The lowest BCUT2D eigenvalue weighted by Gasteiger charge is -2.22. The van der Waals surface area contributed by atoms with Crippen molar-refractivity contribution in [3.8, 4) is 17.2 Å². The molecule has 0 bridgehead atoms. The van der Waals surface area contributed by atoms with E-state index in [4.69, 9.17) is 21.1 Å². The number of aromatic nitrogens is 2. The third-order valence-electron chi connectivity index (χ3n) is 4.67. The molecule has 0 saturated carbocycles. The molecule has 1 aromatic heterocycles. The van der Waals surface area contributed by atoms with Crippen LogP contribution in [0.5, 0.6) is 11.5 Å². The molecule has 1 N–H and O–H groups in total. The van der Waals surface area contributed by atoms with Crippen molar-refractivity contribution in [2.75, 3.05) is 30.8 Å². The van der Waals surface area contributed by atoms with Crippen molar-refractivity contribution in [3.05, 3.63) is 75.9 Å². The second kappa shape index (κ2) is 9.59. The highest BCUT2D eigenvalue weighted by atomic mass is 35.5. The SMILES string of the molecule is O=c1c(Cl)c(NCC2COCC[S@@]2=O)cnn1-c1ccc(Oc2ccc(F)cc2)cc1. The normalized spacial score (nSPS) is 18.5. The van der Waals surface area contributed by atoms with Crippen LogP contribution in [-0.4, -0.2) is 44.8 Å². The molecule has 162 valence electrons. The van der Waals surface area contributed by atoms with Gasteiger partial charge in [-0.25, -0.2) is 4.39 Å². The van der Waals surface area contributed by atoms with Crippen molar-refractivity contribution < 1.29 is 18.1 Å². The highest BCUT2D eigenvalue weighted by Gasteiger charge is 2.22. The molecule has 1 saturated heterocycles. The number of nitrogens with one attached hydrogen (secondary N) is 1. The van der Waals surface area contributed by atoms with Crippen LogP contribution in [0.15, 0.2) is 59.5 Å². The van der Waals surface area contributed by atoms with Gasteiger partial charge < -0.3 is 14.8 Å².